The SMILES string of the molecule is Fc1ccc(F)c(Cn2ccnc2-c2cccs2)c1. The first-order chi connectivity index (χ1) is 9.24. The van der Waals surface area contributed by atoms with Crippen LogP contribution in [0.3, 0.4) is 0 Å². The van der Waals surface area contributed by atoms with Gasteiger partial charge in [-0.2, -0.15) is 0 Å². The zero-order chi connectivity index (χ0) is 13.2. The van der Waals surface area contributed by atoms with Gasteiger partial charge in [-0.25, -0.2) is 13.8 Å². The van der Waals surface area contributed by atoms with E-state index < -0.39 is 11.6 Å². The lowest BCUT2D eigenvalue weighted by molar-refractivity contribution is 0.577. The fraction of sp³-hybridized carbons (Fsp3) is 0.0714. The molecule has 19 heavy (non-hydrogen) atoms. The Kier molecular flexibility index (Phi) is 3.13. The van der Waals surface area contributed by atoms with E-state index in [1.54, 1.807) is 23.7 Å². The van der Waals surface area contributed by atoms with Crippen LogP contribution in [-0.2, 0) is 6.54 Å². The summed E-state index contributed by atoms with van der Waals surface area (Å²) in [7, 11) is 0. The summed E-state index contributed by atoms with van der Waals surface area (Å²) in [6.07, 6.45) is 3.42. The standard InChI is InChI=1S/C14H10F2N2S/c15-11-3-4-12(16)10(8-11)9-18-6-5-17-14(18)13-2-1-7-19-13/h1-8H,9H2. The Labute approximate surface area is 113 Å². The van der Waals surface area contributed by atoms with Crippen molar-refractivity contribution in [2.45, 2.75) is 6.54 Å². The van der Waals surface area contributed by atoms with Crippen LogP contribution in [-0.4, -0.2) is 9.55 Å². The van der Waals surface area contributed by atoms with Crippen molar-refractivity contribution in [1.82, 2.24) is 9.55 Å². The van der Waals surface area contributed by atoms with E-state index in [9.17, 15) is 8.78 Å². The largest absolute Gasteiger partial charge is 0.326 e. The smallest absolute Gasteiger partial charge is 0.150 e. The third-order valence-electron chi connectivity index (χ3n) is 2.81. The number of hydrogen-bond donors (Lipinski definition) is 0. The van der Waals surface area contributed by atoms with Crippen molar-refractivity contribution in [2.24, 2.45) is 0 Å². The Balaban J connectivity index is 1.96. The predicted octanol–water partition coefficient (Wildman–Crippen LogP) is 3.94. The second-order valence-electron chi connectivity index (χ2n) is 4.09. The second kappa shape index (κ2) is 4.93. The van der Waals surface area contributed by atoms with Crippen LogP contribution in [0, 0.1) is 11.6 Å². The molecule has 3 rings (SSSR count). The molecule has 0 aliphatic rings. The summed E-state index contributed by atoms with van der Waals surface area (Å²) >= 11 is 1.56. The first-order valence-electron chi connectivity index (χ1n) is 5.73. The molecule has 2 aromatic heterocycles. The molecule has 0 fully saturated rings. The molecule has 0 atom stereocenters. The fourth-order valence-corrected chi connectivity index (χ4v) is 2.65. The molecule has 0 radical (unpaired) electrons. The molecule has 0 saturated carbocycles. The maximum Gasteiger partial charge on any atom is 0.150 e. The number of imidazole rings is 1. The van der Waals surface area contributed by atoms with E-state index in [2.05, 4.69) is 4.98 Å². The first kappa shape index (κ1) is 12.0. The molecule has 1 aromatic carbocycles. The molecule has 0 N–H and O–H groups in total. The maximum atomic E-state index is 13.6. The van der Waals surface area contributed by atoms with Gasteiger partial charge >= 0.3 is 0 Å². The molecule has 0 aliphatic heterocycles. The highest BCUT2D eigenvalue weighted by molar-refractivity contribution is 7.13. The molecule has 0 amide bonds. The van der Waals surface area contributed by atoms with E-state index in [1.165, 1.54) is 6.07 Å². The van der Waals surface area contributed by atoms with Gasteiger partial charge in [-0.15, -0.1) is 11.3 Å². The number of hydrogen-bond acceptors (Lipinski definition) is 2. The molecule has 3 aromatic rings. The van der Waals surface area contributed by atoms with Crippen LogP contribution >= 0.6 is 11.3 Å². The van der Waals surface area contributed by atoms with Crippen LogP contribution in [0.5, 0.6) is 0 Å². The minimum Gasteiger partial charge on any atom is -0.326 e. The number of thiophene rings is 1. The normalized spacial score (nSPS) is 10.8. The Bertz CT molecular complexity index is 689. The lowest BCUT2D eigenvalue weighted by Gasteiger charge is -2.08. The van der Waals surface area contributed by atoms with Crippen LogP contribution in [0.4, 0.5) is 8.78 Å². The van der Waals surface area contributed by atoms with E-state index >= 15 is 0 Å². The van der Waals surface area contributed by atoms with Gasteiger partial charge in [0.1, 0.15) is 17.5 Å². The zero-order valence-corrected chi connectivity index (χ0v) is 10.7. The van der Waals surface area contributed by atoms with Gasteiger partial charge in [0.15, 0.2) is 0 Å². The highest BCUT2D eigenvalue weighted by Crippen LogP contribution is 2.24. The van der Waals surface area contributed by atoms with Crippen molar-refractivity contribution >= 4 is 11.3 Å². The van der Waals surface area contributed by atoms with Crippen molar-refractivity contribution in [3.8, 4) is 10.7 Å². The number of halogens is 2. The van der Waals surface area contributed by atoms with E-state index in [0.717, 1.165) is 22.8 Å². The lowest BCUT2D eigenvalue weighted by Crippen LogP contribution is -2.03. The van der Waals surface area contributed by atoms with Crippen LogP contribution in [0.15, 0.2) is 48.1 Å². The fourth-order valence-electron chi connectivity index (χ4n) is 1.92. The Morgan fingerprint density at radius 3 is 2.89 bits per heavy atom. The van der Waals surface area contributed by atoms with Gasteiger partial charge in [-0.1, -0.05) is 6.07 Å². The molecule has 96 valence electrons. The number of nitrogens with zero attached hydrogens (tertiary/aromatic N) is 2. The van der Waals surface area contributed by atoms with Crippen molar-refractivity contribution in [2.75, 3.05) is 0 Å². The molecule has 0 spiro atoms. The molecule has 0 saturated heterocycles. The van der Waals surface area contributed by atoms with E-state index in [1.807, 2.05) is 22.1 Å². The summed E-state index contributed by atoms with van der Waals surface area (Å²) in [4.78, 5) is 5.27. The van der Waals surface area contributed by atoms with Crippen molar-refractivity contribution in [1.29, 1.82) is 0 Å². The molecule has 0 bridgehead atoms. The molecular formula is C14H10F2N2S. The summed E-state index contributed by atoms with van der Waals surface area (Å²) in [6, 6.07) is 7.36. The summed E-state index contributed by atoms with van der Waals surface area (Å²) < 4.78 is 28.6. The average Bonchev–Trinajstić information content (AvgIpc) is 3.03. The number of rotatable bonds is 3. The summed E-state index contributed by atoms with van der Waals surface area (Å²) in [6.45, 7) is 0.261. The Morgan fingerprint density at radius 2 is 2.11 bits per heavy atom. The van der Waals surface area contributed by atoms with Gasteiger partial charge in [-0.3, -0.25) is 0 Å². The summed E-state index contributed by atoms with van der Waals surface area (Å²) in [5.74, 6) is -0.0833. The van der Waals surface area contributed by atoms with E-state index in [4.69, 9.17) is 0 Å². The van der Waals surface area contributed by atoms with Gasteiger partial charge in [0.25, 0.3) is 0 Å². The Hall–Kier alpha value is -2.01. The Morgan fingerprint density at radius 1 is 1.21 bits per heavy atom. The highest BCUT2D eigenvalue weighted by Gasteiger charge is 2.10. The maximum absolute atomic E-state index is 13.6. The quantitative estimate of drug-likeness (QED) is 0.708. The number of benzene rings is 1. The highest BCUT2D eigenvalue weighted by atomic mass is 32.1. The third kappa shape index (κ3) is 2.42. The van der Waals surface area contributed by atoms with Gasteiger partial charge in [0.05, 0.1) is 11.4 Å². The van der Waals surface area contributed by atoms with Gasteiger partial charge in [-0.05, 0) is 29.6 Å². The third-order valence-corrected chi connectivity index (χ3v) is 3.67. The second-order valence-corrected chi connectivity index (χ2v) is 5.04. The minimum absolute atomic E-state index is 0.261. The zero-order valence-electron chi connectivity index (χ0n) is 9.88. The van der Waals surface area contributed by atoms with E-state index in [-0.39, 0.29) is 6.54 Å². The van der Waals surface area contributed by atoms with Crippen LogP contribution in [0.2, 0.25) is 0 Å². The monoisotopic (exact) mass is 276 g/mol. The molecular weight excluding hydrogens is 266 g/mol. The van der Waals surface area contributed by atoms with E-state index in [0.29, 0.717) is 5.56 Å². The van der Waals surface area contributed by atoms with Crippen LogP contribution in [0.25, 0.3) is 10.7 Å². The molecule has 5 heteroatoms. The van der Waals surface area contributed by atoms with Crippen LogP contribution in [0.1, 0.15) is 5.56 Å². The minimum atomic E-state index is -0.436. The van der Waals surface area contributed by atoms with Gasteiger partial charge in [0.2, 0.25) is 0 Å². The lowest BCUT2D eigenvalue weighted by atomic mass is 10.2. The van der Waals surface area contributed by atoms with Gasteiger partial charge in [0, 0.05) is 18.0 Å². The average molecular weight is 276 g/mol. The van der Waals surface area contributed by atoms with Gasteiger partial charge < -0.3 is 4.57 Å². The van der Waals surface area contributed by atoms with Crippen molar-refractivity contribution in [3.05, 3.63) is 65.3 Å². The first-order valence-corrected chi connectivity index (χ1v) is 6.61. The van der Waals surface area contributed by atoms with Crippen LogP contribution < -0.4 is 0 Å². The summed E-state index contributed by atoms with van der Waals surface area (Å²) in [5.41, 5.74) is 0.316. The molecule has 2 nitrogen and oxygen atoms in total. The van der Waals surface area contributed by atoms with Crippen molar-refractivity contribution in [3.63, 3.8) is 0 Å². The van der Waals surface area contributed by atoms with Crippen molar-refractivity contribution < 1.29 is 8.78 Å². The molecule has 0 aliphatic carbocycles. The topological polar surface area (TPSA) is 17.8 Å². The molecule has 0 unspecified atom stereocenters. The predicted molar refractivity (Wildman–Crippen MR) is 71.0 cm³/mol. The summed E-state index contributed by atoms with van der Waals surface area (Å²) in [5, 5.41) is 1.96. The number of aromatic nitrogens is 2. The molecule has 2 heterocycles.